The van der Waals surface area contributed by atoms with Crippen LogP contribution in [0.2, 0.25) is 5.02 Å². The highest BCUT2D eigenvalue weighted by Crippen LogP contribution is 2.40. The topological polar surface area (TPSA) is 97.6 Å². The molecule has 3 aromatic rings. The van der Waals surface area contributed by atoms with Crippen LogP contribution in [0.5, 0.6) is 5.75 Å². The van der Waals surface area contributed by atoms with E-state index in [0.29, 0.717) is 36.4 Å². The predicted molar refractivity (Wildman–Crippen MR) is 118 cm³/mol. The first kappa shape index (κ1) is 21.6. The van der Waals surface area contributed by atoms with Crippen molar-refractivity contribution in [1.82, 2.24) is 19.4 Å². The Morgan fingerprint density at radius 2 is 2.03 bits per heavy atom. The van der Waals surface area contributed by atoms with E-state index in [0.717, 1.165) is 0 Å². The lowest BCUT2D eigenvalue weighted by atomic mass is 9.96. The summed E-state index contributed by atoms with van der Waals surface area (Å²) in [5.74, 6) is -1.26. The number of benzene rings is 1. The zero-order chi connectivity index (χ0) is 22.7. The molecule has 0 unspecified atom stereocenters. The molecule has 0 aliphatic carbocycles. The average Bonchev–Trinajstić information content (AvgIpc) is 3.41. The van der Waals surface area contributed by atoms with Gasteiger partial charge in [-0.2, -0.15) is 0 Å². The number of carbonyl (C=O) groups excluding carboxylic acids is 2. The summed E-state index contributed by atoms with van der Waals surface area (Å²) in [6.07, 6.45) is 9.02. The third-order valence-electron chi connectivity index (χ3n) is 5.34. The van der Waals surface area contributed by atoms with Gasteiger partial charge in [0.25, 0.3) is 11.7 Å². The number of carbonyl (C=O) groups is 2. The molecule has 164 valence electrons. The number of methoxy groups -OCH3 is 1. The molecule has 0 spiro atoms. The number of aliphatic hydroxyl groups excluding tert-OH is 1. The fourth-order valence-electron chi connectivity index (χ4n) is 3.81. The molecule has 32 heavy (non-hydrogen) atoms. The van der Waals surface area contributed by atoms with Gasteiger partial charge in [0.15, 0.2) is 0 Å². The maximum atomic E-state index is 13.0. The number of aliphatic hydroxyl groups is 1. The number of rotatable bonds is 7. The molecule has 1 saturated heterocycles. The molecule has 1 fully saturated rings. The Kier molecular flexibility index (Phi) is 6.23. The van der Waals surface area contributed by atoms with Crippen LogP contribution in [0.25, 0.3) is 5.76 Å². The van der Waals surface area contributed by atoms with Crippen LogP contribution in [0.15, 0.2) is 67.0 Å². The number of hydrogen-bond acceptors (Lipinski definition) is 6. The fourth-order valence-corrected chi connectivity index (χ4v) is 4.06. The van der Waals surface area contributed by atoms with Gasteiger partial charge in [-0.3, -0.25) is 14.6 Å². The lowest BCUT2D eigenvalue weighted by Crippen LogP contribution is -2.31. The molecule has 0 bridgehead atoms. The molecule has 4 rings (SSSR count). The first-order chi connectivity index (χ1) is 15.5. The minimum absolute atomic E-state index is 0.00636. The van der Waals surface area contributed by atoms with Gasteiger partial charge in [0, 0.05) is 43.4 Å². The summed E-state index contributed by atoms with van der Waals surface area (Å²) in [7, 11) is 1.48. The van der Waals surface area contributed by atoms with E-state index < -0.39 is 17.7 Å². The van der Waals surface area contributed by atoms with E-state index in [4.69, 9.17) is 16.3 Å². The van der Waals surface area contributed by atoms with Gasteiger partial charge in [-0.1, -0.05) is 17.7 Å². The van der Waals surface area contributed by atoms with Gasteiger partial charge in [0.2, 0.25) is 0 Å². The number of imidazole rings is 1. The number of amides is 1. The summed E-state index contributed by atoms with van der Waals surface area (Å²) < 4.78 is 7.05. The second kappa shape index (κ2) is 9.23. The van der Waals surface area contributed by atoms with Crippen LogP contribution in [0.4, 0.5) is 0 Å². The molecule has 1 aliphatic rings. The lowest BCUT2D eigenvalue weighted by molar-refractivity contribution is -0.139. The zero-order valence-corrected chi connectivity index (χ0v) is 18.1. The highest BCUT2D eigenvalue weighted by Gasteiger charge is 2.45. The summed E-state index contributed by atoms with van der Waals surface area (Å²) in [4.78, 5) is 35.6. The quantitative estimate of drug-likeness (QED) is 0.335. The molecule has 2 aromatic heterocycles. The van der Waals surface area contributed by atoms with Crippen LogP contribution >= 0.6 is 11.6 Å². The van der Waals surface area contributed by atoms with Crippen LogP contribution in [-0.4, -0.2) is 49.9 Å². The van der Waals surface area contributed by atoms with Gasteiger partial charge < -0.3 is 19.3 Å². The average molecular weight is 453 g/mol. The number of pyridine rings is 1. The standard InChI is InChI=1S/C23H21ClN4O4/c1-32-18-6-5-15(12-17(18)24)21(29)19-20(16-4-2-7-25-13-16)28(23(31)22(19)30)10-3-9-27-11-8-26-14-27/h2,4-8,11-14,20,29H,3,9-10H2,1H3/b21-19+/t20-/m0/s1. The number of hydrogen-bond donors (Lipinski definition) is 1. The number of likely N-dealkylation sites (tertiary alicyclic amines) is 1. The smallest absolute Gasteiger partial charge is 0.295 e. The zero-order valence-electron chi connectivity index (χ0n) is 17.3. The monoisotopic (exact) mass is 452 g/mol. The number of aryl methyl sites for hydroxylation is 1. The van der Waals surface area contributed by atoms with Gasteiger partial charge in [0.05, 0.1) is 30.1 Å². The van der Waals surface area contributed by atoms with Gasteiger partial charge >= 0.3 is 0 Å². The molecule has 1 aromatic carbocycles. The van der Waals surface area contributed by atoms with E-state index in [1.54, 1.807) is 49.2 Å². The molecule has 1 N–H and O–H groups in total. The van der Waals surface area contributed by atoms with Crippen molar-refractivity contribution in [2.24, 2.45) is 0 Å². The van der Waals surface area contributed by atoms with E-state index in [1.165, 1.54) is 18.1 Å². The lowest BCUT2D eigenvalue weighted by Gasteiger charge is -2.25. The summed E-state index contributed by atoms with van der Waals surface area (Å²) in [5, 5.41) is 11.4. The molecule has 1 aliphatic heterocycles. The van der Waals surface area contributed by atoms with Crippen LogP contribution in [0, 0.1) is 0 Å². The van der Waals surface area contributed by atoms with Gasteiger partial charge in [-0.25, -0.2) is 4.98 Å². The Morgan fingerprint density at radius 3 is 2.69 bits per heavy atom. The third kappa shape index (κ3) is 4.09. The second-order valence-corrected chi connectivity index (χ2v) is 7.69. The SMILES string of the molecule is COc1ccc(/C(O)=C2\C(=O)C(=O)N(CCCn3ccnc3)[C@H]2c2cccnc2)cc1Cl. The minimum Gasteiger partial charge on any atom is -0.507 e. The third-order valence-corrected chi connectivity index (χ3v) is 5.64. The van der Waals surface area contributed by atoms with Gasteiger partial charge in [-0.05, 0) is 36.2 Å². The first-order valence-electron chi connectivity index (χ1n) is 9.99. The highest BCUT2D eigenvalue weighted by atomic mass is 35.5. The summed E-state index contributed by atoms with van der Waals surface area (Å²) in [6, 6.07) is 7.44. The molecule has 0 radical (unpaired) electrons. The van der Waals surface area contributed by atoms with Crippen molar-refractivity contribution in [3.05, 3.63) is 83.2 Å². The molecular formula is C23H21ClN4O4. The normalized spacial score (nSPS) is 17.7. The van der Waals surface area contributed by atoms with Crippen molar-refractivity contribution in [3.8, 4) is 5.75 Å². The van der Waals surface area contributed by atoms with Gasteiger partial charge in [0.1, 0.15) is 11.5 Å². The van der Waals surface area contributed by atoms with Crippen molar-refractivity contribution in [2.45, 2.75) is 19.0 Å². The van der Waals surface area contributed by atoms with E-state index >= 15 is 0 Å². The summed E-state index contributed by atoms with van der Waals surface area (Å²) in [6.45, 7) is 0.958. The summed E-state index contributed by atoms with van der Waals surface area (Å²) in [5.41, 5.74) is 0.962. The number of ketones is 1. The van der Waals surface area contributed by atoms with E-state index in [1.807, 2.05) is 10.8 Å². The number of ether oxygens (including phenoxy) is 1. The number of Topliss-reactive ketones (excluding diaryl/α,β-unsaturated/α-hetero) is 1. The molecule has 3 heterocycles. The number of nitrogens with zero attached hydrogens (tertiary/aromatic N) is 4. The fraction of sp³-hybridized carbons (Fsp3) is 0.217. The van der Waals surface area contributed by atoms with Crippen molar-refractivity contribution in [3.63, 3.8) is 0 Å². The molecule has 1 amide bonds. The Morgan fingerprint density at radius 1 is 1.19 bits per heavy atom. The van der Waals surface area contributed by atoms with Crippen molar-refractivity contribution >= 4 is 29.1 Å². The number of aromatic nitrogens is 3. The van der Waals surface area contributed by atoms with E-state index in [2.05, 4.69) is 9.97 Å². The van der Waals surface area contributed by atoms with Crippen molar-refractivity contribution < 1.29 is 19.4 Å². The van der Waals surface area contributed by atoms with Crippen LogP contribution < -0.4 is 4.74 Å². The van der Waals surface area contributed by atoms with Crippen LogP contribution in [0.1, 0.15) is 23.6 Å². The predicted octanol–water partition coefficient (Wildman–Crippen LogP) is 3.45. The molecule has 0 saturated carbocycles. The Hall–Kier alpha value is -3.65. The first-order valence-corrected chi connectivity index (χ1v) is 10.4. The van der Waals surface area contributed by atoms with Crippen molar-refractivity contribution in [2.75, 3.05) is 13.7 Å². The van der Waals surface area contributed by atoms with E-state index in [-0.39, 0.29) is 16.4 Å². The summed E-state index contributed by atoms with van der Waals surface area (Å²) >= 11 is 6.21. The molecular weight excluding hydrogens is 432 g/mol. The van der Waals surface area contributed by atoms with Crippen LogP contribution in [-0.2, 0) is 16.1 Å². The number of halogens is 1. The van der Waals surface area contributed by atoms with Gasteiger partial charge in [-0.15, -0.1) is 0 Å². The highest BCUT2D eigenvalue weighted by molar-refractivity contribution is 6.46. The maximum absolute atomic E-state index is 13.0. The van der Waals surface area contributed by atoms with Crippen LogP contribution in [0.3, 0.4) is 0 Å². The Labute approximate surface area is 189 Å². The second-order valence-electron chi connectivity index (χ2n) is 7.28. The Balaban J connectivity index is 1.72. The minimum atomic E-state index is -0.757. The van der Waals surface area contributed by atoms with Crippen molar-refractivity contribution in [1.29, 1.82) is 0 Å². The molecule has 1 atom stereocenters. The Bertz CT molecular complexity index is 1160. The largest absolute Gasteiger partial charge is 0.507 e. The molecule has 8 nitrogen and oxygen atoms in total. The van der Waals surface area contributed by atoms with E-state index in [9.17, 15) is 14.7 Å². The molecule has 9 heteroatoms. The maximum Gasteiger partial charge on any atom is 0.295 e.